The maximum Gasteiger partial charge on any atom is 0.142 e. The third-order valence-corrected chi connectivity index (χ3v) is 3.78. The highest BCUT2D eigenvalue weighted by Gasteiger charge is 2.13. The second-order valence-electron chi connectivity index (χ2n) is 4.95. The van der Waals surface area contributed by atoms with Crippen LogP contribution in [0.25, 0.3) is 0 Å². The fourth-order valence-corrected chi connectivity index (χ4v) is 2.65. The Kier molecular flexibility index (Phi) is 4.51. The molecule has 0 saturated carbocycles. The third-order valence-electron chi connectivity index (χ3n) is 3.47. The van der Waals surface area contributed by atoms with Gasteiger partial charge in [-0.1, -0.05) is 35.9 Å². The number of anilines is 1. The molecule has 3 rings (SSSR count). The lowest BCUT2D eigenvalue weighted by Gasteiger charge is -2.21. The topological polar surface area (TPSA) is 30.5 Å². The molecule has 1 N–H and O–H groups in total. The van der Waals surface area contributed by atoms with Crippen LogP contribution in [0.2, 0.25) is 5.02 Å². The number of ether oxygens (including phenoxy) is 2. The number of para-hydroxylation sites is 2. The van der Waals surface area contributed by atoms with Crippen molar-refractivity contribution >= 4 is 17.3 Å². The average Bonchev–Trinajstić information content (AvgIpc) is 2.53. The van der Waals surface area contributed by atoms with Crippen molar-refractivity contribution in [3.63, 3.8) is 0 Å². The molecule has 4 heteroatoms. The normalized spacial score (nSPS) is 13.2. The van der Waals surface area contributed by atoms with Gasteiger partial charge in [-0.05, 0) is 36.6 Å². The van der Waals surface area contributed by atoms with Crippen molar-refractivity contribution < 1.29 is 9.47 Å². The van der Waals surface area contributed by atoms with Gasteiger partial charge in [0.2, 0.25) is 0 Å². The van der Waals surface area contributed by atoms with Crippen LogP contribution < -0.4 is 14.8 Å². The largest absolute Gasteiger partial charge is 0.488 e. The molecule has 110 valence electrons. The van der Waals surface area contributed by atoms with E-state index < -0.39 is 0 Å². The summed E-state index contributed by atoms with van der Waals surface area (Å²) in [5, 5.41) is 4.03. The molecule has 0 aromatic heterocycles. The van der Waals surface area contributed by atoms with E-state index in [-0.39, 0.29) is 0 Å². The zero-order valence-electron chi connectivity index (χ0n) is 11.8. The summed E-state index contributed by atoms with van der Waals surface area (Å²) in [6.45, 7) is 1.96. The van der Waals surface area contributed by atoms with Crippen LogP contribution in [0.4, 0.5) is 5.69 Å². The molecule has 2 aromatic carbocycles. The van der Waals surface area contributed by atoms with Gasteiger partial charge in [-0.25, -0.2) is 0 Å². The van der Waals surface area contributed by atoms with E-state index in [1.54, 1.807) is 0 Å². The summed E-state index contributed by atoms with van der Waals surface area (Å²) < 4.78 is 11.5. The quantitative estimate of drug-likeness (QED) is 0.842. The van der Waals surface area contributed by atoms with E-state index in [4.69, 9.17) is 21.1 Å². The van der Waals surface area contributed by atoms with E-state index in [9.17, 15) is 0 Å². The lowest BCUT2D eigenvalue weighted by atomic mass is 10.0. The monoisotopic (exact) mass is 303 g/mol. The van der Waals surface area contributed by atoms with Gasteiger partial charge in [0.05, 0.1) is 10.7 Å². The van der Waals surface area contributed by atoms with Crippen LogP contribution in [0.3, 0.4) is 0 Å². The lowest BCUT2D eigenvalue weighted by molar-refractivity contribution is 0.217. The van der Waals surface area contributed by atoms with Crippen molar-refractivity contribution in [2.75, 3.05) is 25.1 Å². The van der Waals surface area contributed by atoms with Gasteiger partial charge < -0.3 is 14.8 Å². The summed E-state index contributed by atoms with van der Waals surface area (Å²) in [6.07, 6.45) is 2.28. The third kappa shape index (κ3) is 3.42. The molecule has 0 fully saturated rings. The number of hydrogen-bond donors (Lipinski definition) is 1. The summed E-state index contributed by atoms with van der Waals surface area (Å²) in [7, 11) is 0. The second-order valence-corrected chi connectivity index (χ2v) is 5.36. The van der Waals surface area contributed by atoms with Gasteiger partial charge in [0, 0.05) is 6.54 Å². The number of halogens is 1. The van der Waals surface area contributed by atoms with E-state index >= 15 is 0 Å². The Balaban J connectivity index is 1.55. The predicted molar refractivity (Wildman–Crippen MR) is 85.7 cm³/mol. The Morgan fingerprint density at radius 1 is 0.952 bits per heavy atom. The highest BCUT2D eigenvalue weighted by atomic mass is 35.5. The van der Waals surface area contributed by atoms with Crippen molar-refractivity contribution in [2.24, 2.45) is 0 Å². The molecule has 0 aliphatic carbocycles. The molecule has 0 spiro atoms. The van der Waals surface area contributed by atoms with Crippen molar-refractivity contribution in [1.29, 1.82) is 0 Å². The zero-order valence-corrected chi connectivity index (χ0v) is 12.5. The minimum atomic E-state index is 0.466. The summed E-state index contributed by atoms with van der Waals surface area (Å²) >= 11 is 6.04. The van der Waals surface area contributed by atoms with Crippen LogP contribution in [-0.4, -0.2) is 19.8 Å². The van der Waals surface area contributed by atoms with Crippen molar-refractivity contribution in [3.8, 4) is 11.5 Å². The van der Waals surface area contributed by atoms with Crippen molar-refractivity contribution in [3.05, 3.63) is 53.1 Å². The Morgan fingerprint density at radius 2 is 1.71 bits per heavy atom. The lowest BCUT2D eigenvalue weighted by Crippen LogP contribution is -2.15. The molecular formula is C17H18ClNO2. The van der Waals surface area contributed by atoms with E-state index in [1.807, 2.05) is 36.4 Å². The SMILES string of the molecule is Clc1ccccc1OCCOc1cccc2c1NCCC2. The van der Waals surface area contributed by atoms with Crippen molar-refractivity contribution in [2.45, 2.75) is 12.8 Å². The van der Waals surface area contributed by atoms with Gasteiger partial charge in [0.25, 0.3) is 0 Å². The Hall–Kier alpha value is -1.87. The van der Waals surface area contributed by atoms with E-state index in [0.717, 1.165) is 24.4 Å². The van der Waals surface area contributed by atoms with Gasteiger partial charge in [0.1, 0.15) is 24.7 Å². The number of hydrogen-bond acceptors (Lipinski definition) is 3. The number of rotatable bonds is 5. The molecule has 0 saturated heterocycles. The number of aryl methyl sites for hydroxylation is 1. The van der Waals surface area contributed by atoms with Crippen LogP contribution in [0, 0.1) is 0 Å². The number of benzene rings is 2. The van der Waals surface area contributed by atoms with E-state index in [0.29, 0.717) is 24.0 Å². The first kappa shape index (κ1) is 14.1. The van der Waals surface area contributed by atoms with Crippen LogP contribution >= 0.6 is 11.6 Å². The predicted octanol–water partition coefficient (Wildman–Crippen LogP) is 4.16. The molecule has 1 aliphatic heterocycles. The van der Waals surface area contributed by atoms with Gasteiger partial charge in [-0.2, -0.15) is 0 Å². The average molecular weight is 304 g/mol. The molecule has 0 radical (unpaired) electrons. The summed E-state index contributed by atoms with van der Waals surface area (Å²) in [5.74, 6) is 1.59. The van der Waals surface area contributed by atoms with Gasteiger partial charge in [-0.3, -0.25) is 0 Å². The van der Waals surface area contributed by atoms with Crippen LogP contribution in [0.5, 0.6) is 11.5 Å². The van der Waals surface area contributed by atoms with Crippen molar-refractivity contribution in [1.82, 2.24) is 0 Å². The molecule has 0 amide bonds. The van der Waals surface area contributed by atoms with Crippen LogP contribution in [0.1, 0.15) is 12.0 Å². The van der Waals surface area contributed by atoms with Gasteiger partial charge in [0.15, 0.2) is 0 Å². The smallest absolute Gasteiger partial charge is 0.142 e. The highest BCUT2D eigenvalue weighted by molar-refractivity contribution is 6.32. The van der Waals surface area contributed by atoms with Crippen LogP contribution in [0.15, 0.2) is 42.5 Å². The molecule has 0 bridgehead atoms. The second kappa shape index (κ2) is 6.72. The fraction of sp³-hybridized carbons (Fsp3) is 0.294. The first-order valence-electron chi connectivity index (χ1n) is 7.20. The first-order chi connectivity index (χ1) is 10.3. The molecular weight excluding hydrogens is 286 g/mol. The Morgan fingerprint density at radius 3 is 2.57 bits per heavy atom. The number of nitrogens with one attached hydrogen (secondary N) is 1. The first-order valence-corrected chi connectivity index (χ1v) is 7.58. The fourth-order valence-electron chi connectivity index (χ4n) is 2.46. The van der Waals surface area contributed by atoms with Gasteiger partial charge in [-0.15, -0.1) is 0 Å². The van der Waals surface area contributed by atoms with Gasteiger partial charge >= 0.3 is 0 Å². The molecule has 0 unspecified atom stereocenters. The van der Waals surface area contributed by atoms with Crippen LogP contribution in [-0.2, 0) is 6.42 Å². The molecule has 21 heavy (non-hydrogen) atoms. The zero-order chi connectivity index (χ0) is 14.5. The van der Waals surface area contributed by atoms with E-state index in [1.165, 1.54) is 12.0 Å². The highest BCUT2D eigenvalue weighted by Crippen LogP contribution is 2.32. The molecule has 1 aliphatic rings. The molecule has 0 atom stereocenters. The molecule has 3 nitrogen and oxygen atoms in total. The standard InChI is InChI=1S/C17H18ClNO2/c18-14-7-1-2-8-15(14)20-11-12-21-16-9-3-5-13-6-4-10-19-17(13)16/h1-3,5,7-9,19H,4,6,10-12H2. The summed E-state index contributed by atoms with van der Waals surface area (Å²) in [5.41, 5.74) is 2.45. The Bertz CT molecular complexity index is 615. The maximum absolute atomic E-state index is 6.04. The number of fused-ring (bicyclic) bond motifs is 1. The summed E-state index contributed by atoms with van der Waals surface area (Å²) in [4.78, 5) is 0. The Labute approximate surface area is 129 Å². The minimum absolute atomic E-state index is 0.466. The minimum Gasteiger partial charge on any atom is -0.488 e. The molecule has 1 heterocycles. The summed E-state index contributed by atoms with van der Waals surface area (Å²) in [6, 6.07) is 13.6. The maximum atomic E-state index is 6.04. The molecule has 2 aromatic rings. The van der Waals surface area contributed by atoms with E-state index in [2.05, 4.69) is 11.4 Å².